The van der Waals surface area contributed by atoms with Crippen LogP contribution in [0, 0.1) is 11.0 Å². The third-order valence-corrected chi connectivity index (χ3v) is 5.13. The molecule has 29 heavy (non-hydrogen) atoms. The van der Waals surface area contributed by atoms with E-state index in [0.717, 1.165) is 0 Å². The van der Waals surface area contributed by atoms with E-state index in [-0.39, 0.29) is 5.56 Å². The highest BCUT2D eigenvalue weighted by Gasteiger charge is 2.54. The van der Waals surface area contributed by atoms with Gasteiger partial charge in [-0.2, -0.15) is 4.73 Å². The molecule has 0 spiro atoms. The van der Waals surface area contributed by atoms with Gasteiger partial charge >= 0.3 is 0 Å². The van der Waals surface area contributed by atoms with Gasteiger partial charge in [-0.25, -0.2) is 13.2 Å². The van der Waals surface area contributed by atoms with Gasteiger partial charge in [-0.1, -0.05) is 18.2 Å². The first kappa shape index (κ1) is 19.4. The SMILES string of the molecule is [O-][n+]1cccc(C(O)(c2cccnc2)C(c2ccc(F)cc2)N2CC(F)(F)C2)c1. The zero-order valence-corrected chi connectivity index (χ0v) is 15.3. The summed E-state index contributed by atoms with van der Waals surface area (Å²) in [6.07, 6.45) is 5.41. The molecule has 8 heteroatoms. The van der Waals surface area contributed by atoms with E-state index in [2.05, 4.69) is 4.98 Å². The van der Waals surface area contributed by atoms with Crippen LogP contribution in [0.2, 0.25) is 0 Å². The zero-order valence-electron chi connectivity index (χ0n) is 15.3. The average molecular weight is 401 g/mol. The van der Waals surface area contributed by atoms with Crippen molar-refractivity contribution in [3.05, 3.63) is 101 Å². The Morgan fingerprint density at radius 2 is 1.79 bits per heavy atom. The maximum Gasteiger partial charge on any atom is 0.272 e. The molecule has 1 aromatic carbocycles. The number of halogens is 3. The van der Waals surface area contributed by atoms with Crippen LogP contribution in [-0.4, -0.2) is 34.0 Å². The van der Waals surface area contributed by atoms with Crippen molar-refractivity contribution in [2.45, 2.75) is 17.6 Å². The van der Waals surface area contributed by atoms with E-state index in [9.17, 15) is 23.5 Å². The van der Waals surface area contributed by atoms with Crippen molar-refractivity contribution in [3.8, 4) is 0 Å². The molecular weight excluding hydrogens is 383 g/mol. The standard InChI is InChI=1S/C21H18F3N3O2/c22-18-7-5-15(6-8-18)19(26-13-20(23,24)14-26)21(28,16-3-1-9-25-11-16)17-4-2-10-27(29)12-17/h1-12,19,28H,13-14H2. The molecule has 4 rings (SSSR count). The number of hydrogen-bond donors (Lipinski definition) is 1. The monoisotopic (exact) mass is 401 g/mol. The molecule has 0 radical (unpaired) electrons. The Bertz CT molecular complexity index is 994. The van der Waals surface area contributed by atoms with E-state index in [0.29, 0.717) is 15.9 Å². The quantitative estimate of drug-likeness (QED) is 0.528. The number of likely N-dealkylation sites (tertiary alicyclic amines) is 1. The summed E-state index contributed by atoms with van der Waals surface area (Å²) in [6.45, 7) is -1.14. The normalized spacial score (nSPS) is 19.2. The molecule has 0 aliphatic carbocycles. The van der Waals surface area contributed by atoms with Gasteiger partial charge in [-0.05, 0) is 29.8 Å². The summed E-state index contributed by atoms with van der Waals surface area (Å²) in [6, 6.07) is 10.6. The number of nitrogens with zero attached hydrogens (tertiary/aromatic N) is 3. The third kappa shape index (κ3) is 3.56. The highest BCUT2D eigenvalue weighted by molar-refractivity contribution is 5.39. The summed E-state index contributed by atoms with van der Waals surface area (Å²) in [5.74, 6) is -3.37. The van der Waals surface area contributed by atoms with Crippen molar-refractivity contribution in [2.75, 3.05) is 13.1 Å². The number of aliphatic hydroxyl groups is 1. The van der Waals surface area contributed by atoms with Crippen LogP contribution in [0.15, 0.2) is 73.3 Å². The molecule has 1 N–H and O–H groups in total. The van der Waals surface area contributed by atoms with Crippen LogP contribution >= 0.6 is 0 Å². The van der Waals surface area contributed by atoms with Crippen molar-refractivity contribution in [3.63, 3.8) is 0 Å². The van der Waals surface area contributed by atoms with Crippen molar-refractivity contribution in [1.82, 2.24) is 9.88 Å². The Morgan fingerprint density at radius 1 is 1.10 bits per heavy atom. The minimum Gasteiger partial charge on any atom is -0.619 e. The number of alkyl halides is 2. The third-order valence-electron chi connectivity index (χ3n) is 5.13. The molecule has 0 amide bonds. The summed E-state index contributed by atoms with van der Waals surface area (Å²) in [7, 11) is 0. The van der Waals surface area contributed by atoms with Crippen LogP contribution in [-0.2, 0) is 5.60 Å². The van der Waals surface area contributed by atoms with Crippen LogP contribution in [0.25, 0.3) is 0 Å². The molecule has 0 saturated carbocycles. The van der Waals surface area contributed by atoms with Gasteiger partial charge in [-0.3, -0.25) is 9.88 Å². The van der Waals surface area contributed by atoms with Crippen molar-refractivity contribution >= 4 is 0 Å². The maximum atomic E-state index is 13.7. The van der Waals surface area contributed by atoms with Gasteiger partial charge < -0.3 is 10.3 Å². The maximum absolute atomic E-state index is 13.7. The Hall–Kier alpha value is -2.97. The van der Waals surface area contributed by atoms with Crippen LogP contribution in [0.5, 0.6) is 0 Å². The van der Waals surface area contributed by atoms with Gasteiger partial charge in [-0.15, -0.1) is 0 Å². The zero-order chi connectivity index (χ0) is 20.6. The molecule has 2 atom stereocenters. The summed E-state index contributed by atoms with van der Waals surface area (Å²) in [5, 5.41) is 23.9. The Balaban J connectivity index is 1.92. The van der Waals surface area contributed by atoms with Crippen molar-refractivity contribution in [1.29, 1.82) is 0 Å². The molecule has 1 aliphatic rings. The van der Waals surface area contributed by atoms with Gasteiger partial charge in [0.2, 0.25) is 0 Å². The van der Waals surface area contributed by atoms with E-state index in [1.54, 1.807) is 18.2 Å². The first-order valence-corrected chi connectivity index (χ1v) is 8.99. The van der Waals surface area contributed by atoms with E-state index in [1.165, 1.54) is 60.0 Å². The Morgan fingerprint density at radius 3 is 2.38 bits per heavy atom. The van der Waals surface area contributed by atoms with Gasteiger partial charge in [0.25, 0.3) is 5.92 Å². The fourth-order valence-corrected chi connectivity index (χ4v) is 3.84. The predicted octanol–water partition coefficient (Wildman–Crippen LogP) is 2.78. The smallest absolute Gasteiger partial charge is 0.272 e. The number of aromatic nitrogens is 2. The van der Waals surface area contributed by atoms with Crippen LogP contribution in [0.3, 0.4) is 0 Å². The van der Waals surface area contributed by atoms with Crippen molar-refractivity contribution < 1.29 is 23.0 Å². The second-order valence-corrected chi connectivity index (χ2v) is 7.18. The first-order valence-electron chi connectivity index (χ1n) is 8.99. The van der Waals surface area contributed by atoms with Crippen molar-refractivity contribution in [2.24, 2.45) is 0 Å². The summed E-state index contributed by atoms with van der Waals surface area (Å²) >= 11 is 0. The van der Waals surface area contributed by atoms with Crippen LogP contribution < -0.4 is 4.73 Å². The van der Waals surface area contributed by atoms with E-state index in [4.69, 9.17) is 0 Å². The fourth-order valence-electron chi connectivity index (χ4n) is 3.84. The lowest BCUT2D eigenvalue weighted by Crippen LogP contribution is -2.61. The topological polar surface area (TPSA) is 63.3 Å². The number of hydrogen-bond acceptors (Lipinski definition) is 4. The first-order chi connectivity index (χ1) is 13.8. The largest absolute Gasteiger partial charge is 0.619 e. The Kier molecular flexibility index (Phi) is 4.76. The second-order valence-electron chi connectivity index (χ2n) is 7.18. The summed E-state index contributed by atoms with van der Waals surface area (Å²) in [5.41, 5.74) is -0.895. The molecule has 150 valence electrons. The van der Waals surface area contributed by atoms with Gasteiger partial charge in [0.15, 0.2) is 12.4 Å². The minimum atomic E-state index is -2.89. The number of pyridine rings is 2. The van der Waals surface area contributed by atoms with Gasteiger partial charge in [0, 0.05) is 24.0 Å². The summed E-state index contributed by atoms with van der Waals surface area (Å²) < 4.78 is 41.5. The molecular formula is C21H18F3N3O2. The highest BCUT2D eigenvalue weighted by Crippen LogP contribution is 2.47. The van der Waals surface area contributed by atoms with Crippen LogP contribution in [0.4, 0.5) is 13.2 Å². The fraction of sp³-hybridized carbons (Fsp3) is 0.238. The van der Waals surface area contributed by atoms with Crippen LogP contribution in [0.1, 0.15) is 22.7 Å². The molecule has 2 aromatic heterocycles. The van der Waals surface area contributed by atoms with Gasteiger partial charge in [0.1, 0.15) is 11.4 Å². The second kappa shape index (κ2) is 7.13. The molecule has 3 heterocycles. The van der Waals surface area contributed by atoms with Gasteiger partial charge in [0.05, 0.1) is 24.7 Å². The minimum absolute atomic E-state index is 0.215. The lowest BCUT2D eigenvalue weighted by molar-refractivity contribution is -0.606. The van der Waals surface area contributed by atoms with E-state index < -0.39 is 36.5 Å². The summed E-state index contributed by atoms with van der Waals surface area (Å²) in [4.78, 5) is 5.47. The lowest BCUT2D eigenvalue weighted by atomic mass is 9.76. The Labute approximate surface area is 165 Å². The highest BCUT2D eigenvalue weighted by atomic mass is 19.3. The molecule has 5 nitrogen and oxygen atoms in total. The molecule has 3 aromatic rings. The predicted molar refractivity (Wildman–Crippen MR) is 98.3 cm³/mol. The number of rotatable bonds is 5. The van der Waals surface area contributed by atoms with E-state index in [1.807, 2.05) is 0 Å². The van der Waals surface area contributed by atoms with E-state index >= 15 is 0 Å². The average Bonchev–Trinajstić information content (AvgIpc) is 2.69. The molecule has 1 aliphatic heterocycles. The lowest BCUT2D eigenvalue weighted by Gasteiger charge is -2.49. The molecule has 1 fully saturated rings. The number of benzene rings is 1. The molecule has 1 saturated heterocycles. The molecule has 2 unspecified atom stereocenters. The molecule has 0 bridgehead atoms.